The molecule has 1 saturated heterocycles. The highest BCUT2D eigenvalue weighted by molar-refractivity contribution is 5.83. The van der Waals surface area contributed by atoms with E-state index in [1.165, 1.54) is 0 Å². The van der Waals surface area contributed by atoms with E-state index in [9.17, 15) is 9.59 Å². The van der Waals surface area contributed by atoms with E-state index in [-0.39, 0.29) is 18.2 Å². The lowest BCUT2D eigenvalue weighted by Crippen LogP contribution is -2.39. The Morgan fingerprint density at radius 2 is 2.42 bits per heavy atom. The van der Waals surface area contributed by atoms with Gasteiger partial charge in [-0.15, -0.1) is 0 Å². The number of nitrogens with zero attached hydrogens (tertiary/aromatic N) is 1. The van der Waals surface area contributed by atoms with Gasteiger partial charge in [-0.2, -0.15) is 0 Å². The summed E-state index contributed by atoms with van der Waals surface area (Å²) in [5, 5.41) is 8.50. The molecule has 1 N–H and O–H groups in total. The van der Waals surface area contributed by atoms with Gasteiger partial charge in [0, 0.05) is 19.5 Å². The zero-order valence-corrected chi connectivity index (χ0v) is 7.12. The minimum absolute atomic E-state index is 0.0244. The molecule has 0 bridgehead atoms. The number of carboxylic acids is 1. The molecule has 0 saturated carbocycles. The van der Waals surface area contributed by atoms with Crippen LogP contribution < -0.4 is 0 Å². The van der Waals surface area contributed by atoms with Crippen LogP contribution in [-0.2, 0) is 9.59 Å². The van der Waals surface area contributed by atoms with Crippen molar-refractivity contribution in [1.82, 2.24) is 4.90 Å². The van der Waals surface area contributed by atoms with Crippen LogP contribution in [0.2, 0.25) is 0 Å². The van der Waals surface area contributed by atoms with Gasteiger partial charge in [0.25, 0.3) is 0 Å². The molecule has 1 heterocycles. The Bertz CT molecular complexity index is 202. The van der Waals surface area contributed by atoms with Gasteiger partial charge in [0.1, 0.15) is 0 Å². The van der Waals surface area contributed by atoms with Crippen molar-refractivity contribution in [3.05, 3.63) is 0 Å². The first-order chi connectivity index (χ1) is 5.61. The van der Waals surface area contributed by atoms with E-state index in [1.807, 2.05) is 0 Å². The van der Waals surface area contributed by atoms with Crippen LogP contribution in [0.15, 0.2) is 0 Å². The second-order valence-electron chi connectivity index (χ2n) is 3.20. The van der Waals surface area contributed by atoms with Gasteiger partial charge in [-0.1, -0.05) is 0 Å². The number of hydrogen-bond acceptors (Lipinski definition) is 2. The van der Waals surface area contributed by atoms with Gasteiger partial charge in [0.2, 0.25) is 5.91 Å². The third-order valence-corrected chi connectivity index (χ3v) is 2.19. The second-order valence-corrected chi connectivity index (χ2v) is 3.20. The molecule has 0 aromatic rings. The van der Waals surface area contributed by atoms with Crippen LogP contribution in [0.3, 0.4) is 0 Å². The Hall–Kier alpha value is -1.06. The fraction of sp³-hybridized carbons (Fsp3) is 0.750. The smallest absolute Gasteiger partial charge is 0.304 e. The topological polar surface area (TPSA) is 57.6 Å². The quantitative estimate of drug-likeness (QED) is 0.651. The molecule has 0 radical (unpaired) electrons. The average molecular weight is 171 g/mol. The van der Waals surface area contributed by atoms with Gasteiger partial charge in [-0.05, 0) is 12.8 Å². The maximum absolute atomic E-state index is 11.3. The van der Waals surface area contributed by atoms with Gasteiger partial charge in [-0.25, -0.2) is 0 Å². The molecule has 0 aromatic heterocycles. The molecule has 1 amide bonds. The average Bonchev–Trinajstić information content (AvgIpc) is 1.98. The van der Waals surface area contributed by atoms with Crippen molar-refractivity contribution in [2.45, 2.75) is 19.3 Å². The van der Waals surface area contributed by atoms with Gasteiger partial charge in [-0.3, -0.25) is 9.59 Å². The van der Waals surface area contributed by atoms with Crippen molar-refractivity contribution in [2.75, 3.05) is 13.6 Å². The Balaban J connectivity index is 2.52. The van der Waals surface area contributed by atoms with Crippen molar-refractivity contribution >= 4 is 11.9 Å². The largest absolute Gasteiger partial charge is 0.481 e. The molecule has 1 unspecified atom stereocenters. The summed E-state index contributed by atoms with van der Waals surface area (Å²) in [6, 6.07) is 0. The molecule has 4 nitrogen and oxygen atoms in total. The zero-order valence-electron chi connectivity index (χ0n) is 7.12. The lowest BCUT2D eigenvalue weighted by Gasteiger charge is -2.28. The summed E-state index contributed by atoms with van der Waals surface area (Å²) < 4.78 is 0. The maximum atomic E-state index is 11.3. The van der Waals surface area contributed by atoms with Crippen molar-refractivity contribution in [3.8, 4) is 0 Å². The third kappa shape index (κ3) is 1.96. The number of carbonyl (C=O) groups excluding carboxylic acids is 1. The van der Waals surface area contributed by atoms with Crippen LogP contribution in [-0.4, -0.2) is 35.5 Å². The van der Waals surface area contributed by atoms with Crippen molar-refractivity contribution in [3.63, 3.8) is 0 Å². The summed E-state index contributed by atoms with van der Waals surface area (Å²) in [7, 11) is 1.72. The molecular weight excluding hydrogens is 158 g/mol. The van der Waals surface area contributed by atoms with Crippen LogP contribution in [0.5, 0.6) is 0 Å². The standard InChI is InChI=1S/C8H13NO3/c1-9-4-2-3-6(8(9)12)5-7(10)11/h6H,2-5H2,1H3,(H,10,11). The van der Waals surface area contributed by atoms with E-state index in [0.717, 1.165) is 19.4 Å². The fourth-order valence-electron chi connectivity index (χ4n) is 1.52. The molecule has 1 atom stereocenters. The summed E-state index contributed by atoms with van der Waals surface area (Å²) in [5.41, 5.74) is 0. The number of aliphatic carboxylic acids is 1. The zero-order chi connectivity index (χ0) is 9.14. The van der Waals surface area contributed by atoms with Crippen molar-refractivity contribution in [2.24, 2.45) is 5.92 Å². The minimum atomic E-state index is -0.886. The molecule has 0 aliphatic carbocycles. The molecule has 68 valence electrons. The van der Waals surface area contributed by atoms with E-state index >= 15 is 0 Å². The maximum Gasteiger partial charge on any atom is 0.304 e. The highest BCUT2D eigenvalue weighted by atomic mass is 16.4. The number of carbonyl (C=O) groups is 2. The summed E-state index contributed by atoms with van der Waals surface area (Å²) in [6.45, 7) is 0.759. The summed E-state index contributed by atoms with van der Waals surface area (Å²) >= 11 is 0. The molecule has 1 aliphatic rings. The lowest BCUT2D eigenvalue weighted by atomic mass is 9.94. The molecule has 1 rings (SSSR count). The number of likely N-dealkylation sites (tertiary alicyclic amines) is 1. The molecule has 4 heteroatoms. The van der Waals surface area contributed by atoms with Crippen molar-refractivity contribution < 1.29 is 14.7 Å². The highest BCUT2D eigenvalue weighted by Crippen LogP contribution is 2.19. The molecular formula is C8H13NO3. The number of carboxylic acid groups (broad SMARTS) is 1. The minimum Gasteiger partial charge on any atom is -0.481 e. The van der Waals surface area contributed by atoms with Crippen LogP contribution in [0, 0.1) is 5.92 Å². The molecule has 0 aromatic carbocycles. The van der Waals surface area contributed by atoms with Crippen LogP contribution in [0.25, 0.3) is 0 Å². The first-order valence-corrected chi connectivity index (χ1v) is 4.08. The fourth-order valence-corrected chi connectivity index (χ4v) is 1.52. The van der Waals surface area contributed by atoms with Crippen LogP contribution in [0.4, 0.5) is 0 Å². The third-order valence-electron chi connectivity index (χ3n) is 2.19. The summed E-state index contributed by atoms with van der Waals surface area (Å²) in [6.07, 6.45) is 1.61. The first-order valence-electron chi connectivity index (χ1n) is 4.08. The van der Waals surface area contributed by atoms with Crippen LogP contribution in [0.1, 0.15) is 19.3 Å². The van der Waals surface area contributed by atoms with E-state index in [4.69, 9.17) is 5.11 Å². The van der Waals surface area contributed by atoms with Gasteiger partial charge in [0.15, 0.2) is 0 Å². The van der Waals surface area contributed by atoms with E-state index in [1.54, 1.807) is 11.9 Å². The summed E-state index contributed by atoms with van der Waals surface area (Å²) in [4.78, 5) is 23.3. The molecule has 1 aliphatic heterocycles. The van der Waals surface area contributed by atoms with E-state index in [2.05, 4.69) is 0 Å². The molecule has 0 spiro atoms. The van der Waals surface area contributed by atoms with Gasteiger partial charge in [0.05, 0.1) is 6.42 Å². The summed E-state index contributed by atoms with van der Waals surface area (Å²) in [5.74, 6) is -1.20. The van der Waals surface area contributed by atoms with Crippen molar-refractivity contribution in [1.29, 1.82) is 0 Å². The van der Waals surface area contributed by atoms with E-state index < -0.39 is 5.97 Å². The van der Waals surface area contributed by atoms with Gasteiger partial charge >= 0.3 is 5.97 Å². The first kappa shape index (κ1) is 9.03. The number of rotatable bonds is 2. The number of hydrogen-bond donors (Lipinski definition) is 1. The molecule has 12 heavy (non-hydrogen) atoms. The van der Waals surface area contributed by atoms with Crippen LogP contribution >= 0.6 is 0 Å². The monoisotopic (exact) mass is 171 g/mol. The predicted molar refractivity (Wildman–Crippen MR) is 42.6 cm³/mol. The SMILES string of the molecule is CN1CCCC(CC(=O)O)C1=O. The lowest BCUT2D eigenvalue weighted by molar-refractivity contribution is -0.145. The predicted octanol–water partition coefficient (Wildman–Crippen LogP) is 0.330. The normalized spacial score (nSPS) is 24.2. The second kappa shape index (κ2) is 3.56. The molecule has 1 fully saturated rings. The number of amides is 1. The Morgan fingerprint density at radius 1 is 1.75 bits per heavy atom. The number of piperidine rings is 1. The highest BCUT2D eigenvalue weighted by Gasteiger charge is 2.27. The van der Waals surface area contributed by atoms with E-state index in [0.29, 0.717) is 0 Å². The van der Waals surface area contributed by atoms with Gasteiger partial charge < -0.3 is 10.0 Å². The Kier molecular flexibility index (Phi) is 2.68. The Morgan fingerprint density at radius 3 is 3.00 bits per heavy atom. The Labute approximate surface area is 71.2 Å².